The van der Waals surface area contributed by atoms with Crippen molar-refractivity contribution in [3.05, 3.63) is 29.3 Å². The predicted octanol–water partition coefficient (Wildman–Crippen LogP) is 2.87. The van der Waals surface area contributed by atoms with Gasteiger partial charge in [0.05, 0.1) is 0 Å². The largest absolute Gasteiger partial charge is 0.486 e. The maximum atomic E-state index is 13.3. The summed E-state index contributed by atoms with van der Waals surface area (Å²) in [4.78, 5) is 0. The summed E-state index contributed by atoms with van der Waals surface area (Å²) in [6.45, 7) is 3.66. The minimum Gasteiger partial charge on any atom is -0.486 e. The van der Waals surface area contributed by atoms with Gasteiger partial charge in [0.25, 0.3) is 0 Å². The molecular formula is C12H15F4NO. The number of hydrogen-bond donors (Lipinski definition) is 1. The SMILES string of the molecule is CNC(COc1c(F)c(F)cc(F)c1F)C(C)C. The number of halogens is 4. The fourth-order valence-electron chi connectivity index (χ4n) is 1.46. The third-order valence-corrected chi connectivity index (χ3v) is 2.65. The Morgan fingerprint density at radius 2 is 1.61 bits per heavy atom. The molecule has 0 saturated carbocycles. The first-order chi connectivity index (χ1) is 8.38. The number of likely N-dealkylation sites (N-methyl/N-ethyl adjacent to an activating group) is 1. The normalized spacial score (nSPS) is 12.9. The van der Waals surface area contributed by atoms with E-state index in [4.69, 9.17) is 4.74 Å². The molecule has 0 amide bonds. The predicted molar refractivity (Wildman–Crippen MR) is 59.5 cm³/mol. The number of rotatable bonds is 5. The minimum absolute atomic E-state index is 0.0924. The van der Waals surface area contributed by atoms with Crippen molar-refractivity contribution in [2.24, 2.45) is 5.92 Å². The van der Waals surface area contributed by atoms with Crippen LogP contribution >= 0.6 is 0 Å². The van der Waals surface area contributed by atoms with Crippen molar-refractivity contribution in [1.29, 1.82) is 0 Å². The van der Waals surface area contributed by atoms with E-state index >= 15 is 0 Å². The van der Waals surface area contributed by atoms with Crippen LogP contribution in [0, 0.1) is 29.2 Å². The Kier molecular flexibility index (Phi) is 4.95. The number of hydrogen-bond acceptors (Lipinski definition) is 2. The summed E-state index contributed by atoms with van der Waals surface area (Å²) in [7, 11) is 1.66. The van der Waals surface area contributed by atoms with Gasteiger partial charge in [-0.25, -0.2) is 8.78 Å². The fourth-order valence-corrected chi connectivity index (χ4v) is 1.46. The zero-order valence-electron chi connectivity index (χ0n) is 10.4. The average molecular weight is 265 g/mol. The highest BCUT2D eigenvalue weighted by molar-refractivity contribution is 5.28. The topological polar surface area (TPSA) is 21.3 Å². The first kappa shape index (κ1) is 14.8. The van der Waals surface area contributed by atoms with Crippen molar-refractivity contribution < 1.29 is 22.3 Å². The van der Waals surface area contributed by atoms with E-state index in [1.54, 1.807) is 7.05 Å². The van der Waals surface area contributed by atoms with E-state index in [-0.39, 0.29) is 24.6 Å². The molecule has 18 heavy (non-hydrogen) atoms. The van der Waals surface area contributed by atoms with E-state index in [0.717, 1.165) is 0 Å². The molecule has 0 fully saturated rings. The van der Waals surface area contributed by atoms with E-state index in [1.807, 2.05) is 13.8 Å². The van der Waals surface area contributed by atoms with Crippen molar-refractivity contribution in [2.75, 3.05) is 13.7 Å². The number of benzene rings is 1. The van der Waals surface area contributed by atoms with Gasteiger partial charge in [-0.05, 0) is 13.0 Å². The van der Waals surface area contributed by atoms with Crippen molar-refractivity contribution in [2.45, 2.75) is 19.9 Å². The van der Waals surface area contributed by atoms with Crippen LogP contribution in [0.5, 0.6) is 5.75 Å². The Bertz CT molecular complexity index is 397. The summed E-state index contributed by atoms with van der Waals surface area (Å²) >= 11 is 0. The smallest absolute Gasteiger partial charge is 0.203 e. The molecule has 0 saturated heterocycles. The lowest BCUT2D eigenvalue weighted by atomic mass is 10.1. The van der Waals surface area contributed by atoms with Crippen LogP contribution in [-0.2, 0) is 0 Å². The molecule has 6 heteroatoms. The molecule has 1 atom stereocenters. The molecule has 0 aliphatic rings. The Morgan fingerprint density at radius 3 is 2.00 bits per heavy atom. The molecule has 0 spiro atoms. The van der Waals surface area contributed by atoms with Gasteiger partial charge in [0.15, 0.2) is 17.4 Å². The molecule has 0 heterocycles. The van der Waals surface area contributed by atoms with E-state index in [1.165, 1.54) is 0 Å². The molecule has 0 aromatic heterocycles. The van der Waals surface area contributed by atoms with E-state index in [2.05, 4.69) is 5.32 Å². The summed E-state index contributed by atoms with van der Waals surface area (Å²) in [6.07, 6.45) is 0. The number of nitrogens with one attached hydrogen (secondary N) is 1. The Labute approximate surface area is 103 Å². The average Bonchev–Trinajstić information content (AvgIpc) is 2.31. The van der Waals surface area contributed by atoms with Crippen LogP contribution in [-0.4, -0.2) is 19.7 Å². The summed E-state index contributed by atoms with van der Waals surface area (Å²) in [5, 5.41) is 2.88. The van der Waals surface area contributed by atoms with Crippen molar-refractivity contribution in [3.63, 3.8) is 0 Å². The Morgan fingerprint density at radius 1 is 1.11 bits per heavy atom. The Balaban J connectivity index is 2.91. The maximum Gasteiger partial charge on any atom is 0.203 e. The van der Waals surface area contributed by atoms with E-state index in [9.17, 15) is 17.6 Å². The van der Waals surface area contributed by atoms with Crippen LogP contribution < -0.4 is 10.1 Å². The van der Waals surface area contributed by atoms with Gasteiger partial charge in [0.1, 0.15) is 6.61 Å². The van der Waals surface area contributed by atoms with Crippen molar-refractivity contribution >= 4 is 0 Å². The quantitative estimate of drug-likeness (QED) is 0.653. The lowest BCUT2D eigenvalue weighted by molar-refractivity contribution is 0.215. The molecule has 0 aliphatic heterocycles. The van der Waals surface area contributed by atoms with Gasteiger partial charge < -0.3 is 10.1 Å². The first-order valence-electron chi connectivity index (χ1n) is 5.51. The first-order valence-corrected chi connectivity index (χ1v) is 5.51. The summed E-state index contributed by atoms with van der Waals surface area (Å²) in [5.74, 6) is -6.88. The van der Waals surface area contributed by atoms with Crippen molar-refractivity contribution in [1.82, 2.24) is 5.32 Å². The van der Waals surface area contributed by atoms with Gasteiger partial charge in [-0.3, -0.25) is 0 Å². The lowest BCUT2D eigenvalue weighted by Gasteiger charge is -2.20. The molecule has 1 unspecified atom stereocenters. The standard InChI is InChI=1S/C12H15F4NO/c1-6(2)9(17-3)5-18-12-10(15)7(13)4-8(14)11(12)16/h4,6,9,17H,5H2,1-3H3. The molecule has 1 rings (SSSR count). The van der Waals surface area contributed by atoms with Gasteiger partial charge >= 0.3 is 0 Å². The van der Waals surface area contributed by atoms with Crippen LogP contribution in [0.4, 0.5) is 17.6 Å². The molecule has 0 radical (unpaired) electrons. The number of ether oxygens (including phenoxy) is 1. The van der Waals surface area contributed by atoms with Gasteiger partial charge in [-0.15, -0.1) is 0 Å². The van der Waals surface area contributed by atoms with Crippen LogP contribution in [0.15, 0.2) is 6.07 Å². The fraction of sp³-hybridized carbons (Fsp3) is 0.500. The molecule has 0 bridgehead atoms. The molecule has 0 aliphatic carbocycles. The third-order valence-electron chi connectivity index (χ3n) is 2.65. The van der Waals surface area contributed by atoms with Crippen LogP contribution in [0.1, 0.15) is 13.8 Å². The maximum absolute atomic E-state index is 13.3. The van der Waals surface area contributed by atoms with Crippen LogP contribution in [0.2, 0.25) is 0 Å². The van der Waals surface area contributed by atoms with E-state index < -0.39 is 29.0 Å². The Hall–Kier alpha value is -1.30. The zero-order valence-corrected chi connectivity index (χ0v) is 10.4. The summed E-state index contributed by atoms with van der Waals surface area (Å²) < 4.78 is 57.2. The summed E-state index contributed by atoms with van der Waals surface area (Å²) in [5.41, 5.74) is 0. The van der Waals surface area contributed by atoms with Gasteiger partial charge in [0, 0.05) is 12.1 Å². The van der Waals surface area contributed by atoms with Gasteiger partial charge in [-0.1, -0.05) is 13.8 Å². The van der Waals surface area contributed by atoms with Crippen LogP contribution in [0.3, 0.4) is 0 Å². The lowest BCUT2D eigenvalue weighted by Crippen LogP contribution is -2.36. The van der Waals surface area contributed by atoms with Gasteiger partial charge in [-0.2, -0.15) is 8.78 Å². The van der Waals surface area contributed by atoms with E-state index in [0.29, 0.717) is 0 Å². The van der Waals surface area contributed by atoms with Crippen molar-refractivity contribution in [3.8, 4) is 5.75 Å². The van der Waals surface area contributed by atoms with Crippen LogP contribution in [0.25, 0.3) is 0 Å². The second kappa shape index (κ2) is 6.04. The molecule has 2 nitrogen and oxygen atoms in total. The highest BCUT2D eigenvalue weighted by Gasteiger charge is 2.22. The zero-order chi connectivity index (χ0) is 13.9. The molecular weight excluding hydrogens is 250 g/mol. The highest BCUT2D eigenvalue weighted by atomic mass is 19.2. The summed E-state index contributed by atoms with van der Waals surface area (Å²) in [6, 6.07) is -0.0367. The molecule has 1 aromatic rings. The minimum atomic E-state index is -1.52. The third kappa shape index (κ3) is 3.13. The molecule has 102 valence electrons. The van der Waals surface area contributed by atoms with Gasteiger partial charge in [0.2, 0.25) is 11.6 Å². The monoisotopic (exact) mass is 265 g/mol. The molecule has 1 N–H and O–H groups in total. The second-order valence-corrected chi connectivity index (χ2v) is 4.25. The second-order valence-electron chi connectivity index (χ2n) is 4.25. The molecule has 1 aromatic carbocycles. The highest BCUT2D eigenvalue weighted by Crippen LogP contribution is 2.26.